The molecule has 3 aromatic carbocycles. The molecule has 0 aliphatic carbocycles. The number of benzene rings is 3. The Balaban J connectivity index is 1.37. The lowest BCUT2D eigenvalue weighted by Crippen LogP contribution is -2.36. The number of hydrogen-bond donors (Lipinski definition) is 2. The molecule has 0 spiro atoms. The molecule has 2 heterocycles. The Hall–Kier alpha value is -4.55. The van der Waals surface area contributed by atoms with E-state index in [-0.39, 0.29) is 0 Å². The number of nitrogens with zero attached hydrogens (tertiary/aromatic N) is 4. The van der Waals surface area contributed by atoms with Crippen LogP contribution in [0.25, 0.3) is 11.0 Å². The Morgan fingerprint density at radius 3 is 2.51 bits per heavy atom. The van der Waals surface area contributed by atoms with Crippen LogP contribution in [-0.2, 0) is 11.3 Å². The topological polar surface area (TPSA) is 105 Å². The average molecular weight is 497 g/mol. The van der Waals surface area contributed by atoms with E-state index in [1.54, 1.807) is 20.4 Å². The fraction of sp³-hybridized carbons (Fsp3) is 0.250. The fourth-order valence-corrected chi connectivity index (χ4v) is 4.24. The van der Waals surface area contributed by atoms with Crippen LogP contribution < -0.4 is 25.0 Å². The Kier molecular flexibility index (Phi) is 7.19. The summed E-state index contributed by atoms with van der Waals surface area (Å²) in [6.45, 7) is 3.44. The summed E-state index contributed by atoms with van der Waals surface area (Å²) in [5.41, 5.74) is 5.13. The van der Waals surface area contributed by atoms with Crippen LogP contribution in [0.4, 0.5) is 22.9 Å². The first kappa shape index (κ1) is 24.2. The SMILES string of the molecule is COc1ccc(CNc2ccc(Nc3ccc4ncc(N5CCOCC5)nc4c3C#N)cc2OC)cc1. The van der Waals surface area contributed by atoms with Gasteiger partial charge in [-0.15, -0.1) is 0 Å². The number of rotatable bonds is 8. The van der Waals surface area contributed by atoms with E-state index in [1.165, 1.54) is 0 Å². The molecule has 37 heavy (non-hydrogen) atoms. The van der Waals surface area contributed by atoms with Gasteiger partial charge in [-0.2, -0.15) is 5.26 Å². The maximum Gasteiger partial charge on any atom is 0.148 e. The van der Waals surface area contributed by atoms with Crippen LogP contribution in [0.3, 0.4) is 0 Å². The summed E-state index contributed by atoms with van der Waals surface area (Å²) < 4.78 is 16.3. The van der Waals surface area contributed by atoms with Gasteiger partial charge in [0.05, 0.1) is 50.5 Å². The van der Waals surface area contributed by atoms with Gasteiger partial charge >= 0.3 is 0 Å². The van der Waals surface area contributed by atoms with Crippen molar-refractivity contribution in [3.63, 3.8) is 0 Å². The molecule has 188 valence electrons. The van der Waals surface area contributed by atoms with E-state index in [2.05, 4.69) is 26.6 Å². The molecule has 0 bridgehead atoms. The molecule has 1 saturated heterocycles. The molecule has 4 aromatic rings. The number of anilines is 4. The predicted octanol–water partition coefficient (Wildman–Crippen LogP) is 4.71. The molecule has 1 aromatic heterocycles. The molecule has 0 unspecified atom stereocenters. The lowest BCUT2D eigenvalue weighted by atomic mass is 10.1. The second kappa shape index (κ2) is 11.0. The molecular weight excluding hydrogens is 468 g/mol. The molecule has 5 rings (SSSR count). The van der Waals surface area contributed by atoms with Crippen molar-refractivity contribution >= 4 is 33.9 Å². The maximum atomic E-state index is 10.0. The van der Waals surface area contributed by atoms with E-state index in [0.717, 1.165) is 41.6 Å². The summed E-state index contributed by atoms with van der Waals surface area (Å²) in [5, 5.41) is 16.8. The molecule has 1 aliphatic rings. The van der Waals surface area contributed by atoms with E-state index < -0.39 is 0 Å². The first-order valence-corrected chi connectivity index (χ1v) is 12.0. The minimum atomic E-state index is 0.445. The highest BCUT2D eigenvalue weighted by Crippen LogP contribution is 2.32. The van der Waals surface area contributed by atoms with Crippen LogP contribution in [0.15, 0.2) is 60.8 Å². The molecule has 2 N–H and O–H groups in total. The number of aromatic nitrogens is 2. The summed E-state index contributed by atoms with van der Waals surface area (Å²) in [4.78, 5) is 11.5. The quantitative estimate of drug-likeness (QED) is 0.359. The van der Waals surface area contributed by atoms with Gasteiger partial charge in [0.25, 0.3) is 0 Å². The van der Waals surface area contributed by atoms with Gasteiger partial charge < -0.3 is 29.7 Å². The van der Waals surface area contributed by atoms with Crippen LogP contribution in [0.5, 0.6) is 11.5 Å². The number of ether oxygens (including phenoxy) is 3. The minimum absolute atomic E-state index is 0.445. The summed E-state index contributed by atoms with van der Waals surface area (Å²) in [5.74, 6) is 2.26. The van der Waals surface area contributed by atoms with Gasteiger partial charge in [-0.3, -0.25) is 4.98 Å². The van der Waals surface area contributed by atoms with Crippen molar-refractivity contribution in [1.29, 1.82) is 5.26 Å². The first-order chi connectivity index (χ1) is 18.2. The number of hydrogen-bond acceptors (Lipinski definition) is 9. The second-order valence-corrected chi connectivity index (χ2v) is 8.54. The Labute approximate surface area is 215 Å². The minimum Gasteiger partial charge on any atom is -0.497 e. The Morgan fingerprint density at radius 2 is 1.78 bits per heavy atom. The number of methoxy groups -OCH3 is 2. The van der Waals surface area contributed by atoms with Crippen LogP contribution >= 0.6 is 0 Å². The van der Waals surface area contributed by atoms with Crippen molar-refractivity contribution in [3.05, 3.63) is 71.9 Å². The molecule has 1 aliphatic heterocycles. The largest absolute Gasteiger partial charge is 0.497 e. The molecule has 0 saturated carbocycles. The molecule has 1 fully saturated rings. The van der Waals surface area contributed by atoms with E-state index in [4.69, 9.17) is 19.2 Å². The van der Waals surface area contributed by atoms with Crippen molar-refractivity contribution in [2.45, 2.75) is 6.54 Å². The average Bonchev–Trinajstić information content (AvgIpc) is 2.96. The number of nitriles is 1. The highest BCUT2D eigenvalue weighted by molar-refractivity contribution is 5.89. The van der Waals surface area contributed by atoms with Gasteiger partial charge in [0, 0.05) is 31.4 Å². The maximum absolute atomic E-state index is 10.0. The molecule has 0 radical (unpaired) electrons. The van der Waals surface area contributed by atoms with Crippen molar-refractivity contribution in [1.82, 2.24) is 9.97 Å². The Morgan fingerprint density at radius 1 is 1.00 bits per heavy atom. The normalized spacial score (nSPS) is 13.2. The van der Waals surface area contributed by atoms with Gasteiger partial charge in [-0.05, 0) is 42.0 Å². The smallest absolute Gasteiger partial charge is 0.148 e. The molecule has 0 atom stereocenters. The van der Waals surface area contributed by atoms with E-state index in [1.807, 2.05) is 54.6 Å². The van der Waals surface area contributed by atoms with Crippen molar-refractivity contribution < 1.29 is 14.2 Å². The molecule has 0 amide bonds. The fourth-order valence-electron chi connectivity index (χ4n) is 4.24. The first-order valence-electron chi connectivity index (χ1n) is 12.0. The molecular formula is C28H28N6O3. The molecule has 9 nitrogen and oxygen atoms in total. The summed E-state index contributed by atoms with van der Waals surface area (Å²) in [6.07, 6.45) is 1.75. The third-order valence-electron chi connectivity index (χ3n) is 6.27. The van der Waals surface area contributed by atoms with Gasteiger partial charge in [0.2, 0.25) is 0 Å². The zero-order valence-corrected chi connectivity index (χ0v) is 20.8. The van der Waals surface area contributed by atoms with Crippen molar-refractivity contribution in [3.8, 4) is 17.6 Å². The lowest BCUT2D eigenvalue weighted by molar-refractivity contribution is 0.122. The van der Waals surface area contributed by atoms with Crippen molar-refractivity contribution in [2.75, 3.05) is 56.1 Å². The summed E-state index contributed by atoms with van der Waals surface area (Å²) in [7, 11) is 3.29. The second-order valence-electron chi connectivity index (χ2n) is 8.54. The number of morpholine rings is 1. The highest BCUT2D eigenvalue weighted by Gasteiger charge is 2.16. The van der Waals surface area contributed by atoms with Crippen LogP contribution in [0.2, 0.25) is 0 Å². The van der Waals surface area contributed by atoms with Gasteiger partial charge in [0.15, 0.2) is 0 Å². The van der Waals surface area contributed by atoms with Gasteiger partial charge in [0.1, 0.15) is 34.5 Å². The van der Waals surface area contributed by atoms with Gasteiger partial charge in [-0.25, -0.2) is 4.98 Å². The lowest BCUT2D eigenvalue weighted by Gasteiger charge is -2.27. The molecule has 9 heteroatoms. The standard InChI is InChI=1S/C28H28N6O3/c1-35-21-6-3-19(4-7-21)17-30-24-8-5-20(15-26(24)36-2)32-23-9-10-25-28(22(23)16-29)33-27(18-31-25)34-11-13-37-14-12-34/h3-10,15,18,30,32H,11-14,17H2,1-2H3. The predicted molar refractivity (Wildman–Crippen MR) is 144 cm³/mol. The van der Waals surface area contributed by atoms with Crippen molar-refractivity contribution in [2.24, 2.45) is 0 Å². The van der Waals surface area contributed by atoms with E-state index in [0.29, 0.717) is 47.8 Å². The Bertz CT molecular complexity index is 1430. The number of fused-ring (bicyclic) bond motifs is 1. The van der Waals surface area contributed by atoms with E-state index in [9.17, 15) is 5.26 Å². The van der Waals surface area contributed by atoms with E-state index >= 15 is 0 Å². The summed E-state index contributed by atoms with van der Waals surface area (Å²) >= 11 is 0. The van der Waals surface area contributed by atoms with Crippen LogP contribution in [0, 0.1) is 11.3 Å². The third kappa shape index (κ3) is 5.34. The zero-order chi connectivity index (χ0) is 25.6. The number of nitrogens with one attached hydrogen (secondary N) is 2. The monoisotopic (exact) mass is 496 g/mol. The van der Waals surface area contributed by atoms with Crippen LogP contribution in [-0.4, -0.2) is 50.5 Å². The van der Waals surface area contributed by atoms with Crippen LogP contribution in [0.1, 0.15) is 11.1 Å². The third-order valence-corrected chi connectivity index (χ3v) is 6.27. The van der Waals surface area contributed by atoms with Gasteiger partial charge in [-0.1, -0.05) is 12.1 Å². The highest BCUT2D eigenvalue weighted by atomic mass is 16.5. The zero-order valence-electron chi connectivity index (χ0n) is 20.8. The summed E-state index contributed by atoms with van der Waals surface area (Å²) in [6, 6.07) is 19.7.